The van der Waals surface area contributed by atoms with Gasteiger partial charge in [0, 0.05) is 25.7 Å². The number of phenolic OH excluding ortho intramolecular Hbond substituents is 1. The number of fused-ring (bicyclic) bond motifs is 4. The van der Waals surface area contributed by atoms with Crippen molar-refractivity contribution >= 4 is 52.1 Å². The Hall–Kier alpha value is -5.90. The van der Waals surface area contributed by atoms with Gasteiger partial charge in [0.1, 0.15) is 5.75 Å². The van der Waals surface area contributed by atoms with Crippen LogP contribution in [0, 0.1) is 29.1 Å². The third kappa shape index (κ3) is 5.08. The van der Waals surface area contributed by atoms with Crippen LogP contribution in [-0.2, 0) is 19.2 Å². The molecule has 0 unspecified atom stereocenters. The molecule has 10 nitrogen and oxygen atoms in total. The van der Waals surface area contributed by atoms with Crippen LogP contribution in [0.25, 0.3) is 0 Å². The Morgan fingerprint density at radius 1 is 0.706 bits per heavy atom. The Bertz CT molecular complexity index is 2110. The fraction of sp³-hybridized carbons (Fsp3) is 0.268. The minimum Gasteiger partial charge on any atom is -0.508 e. The first kappa shape index (κ1) is 32.3. The van der Waals surface area contributed by atoms with Crippen molar-refractivity contribution in [3.63, 3.8) is 0 Å². The molecule has 2 heterocycles. The molecule has 1 saturated carbocycles. The van der Waals surface area contributed by atoms with Gasteiger partial charge >= 0.3 is 0 Å². The van der Waals surface area contributed by atoms with Crippen molar-refractivity contribution in [2.75, 3.05) is 28.8 Å². The van der Waals surface area contributed by atoms with E-state index >= 15 is 0 Å². The highest BCUT2D eigenvalue weighted by Gasteiger charge is 2.67. The van der Waals surface area contributed by atoms with E-state index in [1.165, 1.54) is 9.80 Å². The second kappa shape index (κ2) is 12.2. The smallest absolute Gasteiger partial charge is 0.241 e. The van der Waals surface area contributed by atoms with Gasteiger partial charge in [-0.15, -0.1) is 0 Å². The summed E-state index contributed by atoms with van der Waals surface area (Å²) in [6.07, 6.45) is 2.64. The summed E-state index contributed by atoms with van der Waals surface area (Å²) in [4.78, 5) is 61.7. The maximum atomic E-state index is 14.5. The fourth-order valence-corrected chi connectivity index (χ4v) is 8.74. The van der Waals surface area contributed by atoms with E-state index in [9.17, 15) is 24.3 Å². The Morgan fingerprint density at radius 3 is 1.94 bits per heavy atom. The number of phenols is 1. The van der Waals surface area contributed by atoms with Crippen LogP contribution < -0.4 is 14.7 Å². The Labute approximate surface area is 295 Å². The van der Waals surface area contributed by atoms with Crippen LogP contribution in [0.2, 0.25) is 0 Å². The van der Waals surface area contributed by atoms with Crippen molar-refractivity contribution in [1.82, 2.24) is 0 Å². The molecule has 4 aromatic carbocycles. The van der Waals surface area contributed by atoms with Crippen LogP contribution in [0.15, 0.2) is 125 Å². The monoisotopic (exact) mass is 679 g/mol. The molecule has 256 valence electrons. The Morgan fingerprint density at radius 2 is 1.31 bits per heavy atom. The van der Waals surface area contributed by atoms with Crippen LogP contribution >= 0.6 is 0 Å². The van der Waals surface area contributed by atoms with Crippen molar-refractivity contribution in [3.05, 3.63) is 120 Å². The summed E-state index contributed by atoms with van der Waals surface area (Å²) in [7, 11) is 3.94. The van der Waals surface area contributed by atoms with Gasteiger partial charge < -0.3 is 10.0 Å². The predicted molar refractivity (Wildman–Crippen MR) is 193 cm³/mol. The average molecular weight is 680 g/mol. The molecular weight excluding hydrogens is 642 g/mol. The molecule has 4 amide bonds. The van der Waals surface area contributed by atoms with E-state index in [4.69, 9.17) is 0 Å². The molecule has 8 rings (SSSR count). The summed E-state index contributed by atoms with van der Waals surface area (Å²) >= 11 is 0. The number of hydrogen-bond acceptors (Lipinski definition) is 8. The van der Waals surface area contributed by atoms with Crippen molar-refractivity contribution in [2.45, 2.75) is 25.7 Å². The van der Waals surface area contributed by atoms with E-state index in [2.05, 4.69) is 10.2 Å². The molecule has 2 aliphatic carbocycles. The van der Waals surface area contributed by atoms with E-state index in [-0.39, 0.29) is 35.8 Å². The molecule has 0 bridgehead atoms. The number of aromatic hydroxyl groups is 1. The zero-order valence-electron chi connectivity index (χ0n) is 28.5. The van der Waals surface area contributed by atoms with Gasteiger partial charge in [-0.1, -0.05) is 42.0 Å². The number of para-hydroxylation sites is 1. The van der Waals surface area contributed by atoms with E-state index < -0.39 is 35.0 Å². The minimum absolute atomic E-state index is 0.0867. The molecule has 10 heteroatoms. The van der Waals surface area contributed by atoms with Crippen molar-refractivity contribution in [1.29, 1.82) is 0 Å². The maximum Gasteiger partial charge on any atom is 0.241 e. The van der Waals surface area contributed by atoms with Gasteiger partial charge in [-0.25, -0.2) is 4.90 Å². The summed E-state index contributed by atoms with van der Waals surface area (Å²) in [6.45, 7) is 1.85. The molecule has 2 saturated heterocycles. The van der Waals surface area contributed by atoms with Gasteiger partial charge in [0.05, 0.1) is 45.9 Å². The number of hydrogen-bond donors (Lipinski definition) is 1. The quantitative estimate of drug-likeness (QED) is 0.130. The standard InChI is InChI=1S/C41H37N5O5/c1-41-34(38(49)46(40(41)51)28-7-5-4-6-8-28)23-33-31(36(41)24-9-19-30(47)20-10-24)21-22-32-35(33)39(50)45(37(32)48)29-17-13-26(14-18-29)43-42-25-11-15-27(16-12-25)44(2)3/h4-21,32-36,47H,22-23H2,1-3H3/t32-,33+,34-,35-,36-,41+/m0/s1. The molecule has 3 fully saturated rings. The van der Waals surface area contributed by atoms with Crippen LogP contribution in [0.3, 0.4) is 0 Å². The zero-order valence-corrected chi connectivity index (χ0v) is 28.5. The molecule has 4 aliphatic rings. The predicted octanol–water partition coefficient (Wildman–Crippen LogP) is 7.31. The highest BCUT2D eigenvalue weighted by molar-refractivity contribution is 6.25. The summed E-state index contributed by atoms with van der Waals surface area (Å²) < 4.78 is 0. The van der Waals surface area contributed by atoms with Crippen LogP contribution in [-0.4, -0.2) is 42.8 Å². The van der Waals surface area contributed by atoms with Gasteiger partial charge in [0.15, 0.2) is 0 Å². The lowest BCUT2D eigenvalue weighted by atomic mass is 9.51. The number of carbonyl (C=O) groups is 4. The first-order valence-electron chi connectivity index (χ1n) is 17.2. The maximum absolute atomic E-state index is 14.5. The number of rotatable bonds is 6. The first-order valence-corrected chi connectivity index (χ1v) is 17.2. The topological polar surface area (TPSA) is 123 Å². The second-order valence-corrected chi connectivity index (χ2v) is 14.2. The third-order valence-electron chi connectivity index (χ3n) is 11.3. The highest BCUT2D eigenvalue weighted by atomic mass is 16.3. The van der Waals surface area contributed by atoms with E-state index in [1.807, 2.05) is 62.3 Å². The van der Waals surface area contributed by atoms with Crippen molar-refractivity contribution < 1.29 is 24.3 Å². The van der Waals surface area contributed by atoms with Crippen LogP contribution in [0.1, 0.15) is 31.2 Å². The van der Waals surface area contributed by atoms with E-state index in [0.29, 0.717) is 29.2 Å². The van der Waals surface area contributed by atoms with Gasteiger partial charge in [-0.3, -0.25) is 24.1 Å². The SMILES string of the molecule is CN(C)c1ccc(N=Nc2ccc(N3C(=O)[C@H]4[C@H](CC=C5[C@H]4C[C@H]4C(=O)N(c6ccccc6)C(=O)[C@@]4(C)[C@H]5c4ccc(O)cc4)C3=O)cc2)cc1. The number of benzene rings is 4. The zero-order chi connectivity index (χ0) is 35.6. The fourth-order valence-electron chi connectivity index (χ4n) is 8.74. The minimum atomic E-state index is -1.14. The number of carbonyl (C=O) groups excluding carboxylic acids is 4. The van der Waals surface area contributed by atoms with E-state index in [1.54, 1.807) is 72.8 Å². The molecular formula is C41H37N5O5. The van der Waals surface area contributed by atoms with Gasteiger partial charge in [-0.05, 0) is 104 Å². The number of imide groups is 2. The largest absolute Gasteiger partial charge is 0.508 e. The summed E-state index contributed by atoms with van der Waals surface area (Å²) in [5, 5.41) is 18.8. The van der Waals surface area contributed by atoms with Gasteiger partial charge in [-0.2, -0.15) is 10.2 Å². The van der Waals surface area contributed by atoms with Crippen molar-refractivity contribution in [3.8, 4) is 5.75 Å². The van der Waals surface area contributed by atoms with Gasteiger partial charge in [0.25, 0.3) is 0 Å². The number of allylic oxidation sites excluding steroid dienone is 2. The Kier molecular flexibility index (Phi) is 7.70. The van der Waals surface area contributed by atoms with E-state index in [0.717, 1.165) is 16.8 Å². The molecule has 0 spiro atoms. The van der Waals surface area contributed by atoms with Crippen LogP contribution in [0.5, 0.6) is 5.75 Å². The number of nitrogens with zero attached hydrogens (tertiary/aromatic N) is 5. The molecule has 0 aromatic heterocycles. The summed E-state index contributed by atoms with van der Waals surface area (Å²) in [5.41, 5.74) is 3.82. The molecule has 4 aromatic rings. The van der Waals surface area contributed by atoms with Gasteiger partial charge in [0.2, 0.25) is 23.6 Å². The average Bonchev–Trinajstić information content (AvgIpc) is 3.51. The molecule has 2 aliphatic heterocycles. The lowest BCUT2D eigenvalue weighted by Crippen LogP contribution is -2.48. The first-order chi connectivity index (χ1) is 24.6. The molecule has 1 N–H and O–H groups in total. The number of amides is 4. The Balaban J connectivity index is 1.11. The summed E-state index contributed by atoms with van der Waals surface area (Å²) in [5.74, 6) is -4.03. The number of azo groups is 1. The number of anilines is 3. The summed E-state index contributed by atoms with van der Waals surface area (Å²) in [6, 6.07) is 30.2. The van der Waals surface area contributed by atoms with Crippen molar-refractivity contribution in [2.24, 2.45) is 39.3 Å². The highest BCUT2D eigenvalue weighted by Crippen LogP contribution is 2.63. The second-order valence-electron chi connectivity index (χ2n) is 14.2. The molecule has 0 radical (unpaired) electrons. The third-order valence-corrected chi connectivity index (χ3v) is 11.3. The molecule has 6 atom stereocenters. The lowest BCUT2D eigenvalue weighted by molar-refractivity contribution is -0.131. The normalized spacial score (nSPS) is 27.0. The van der Waals surface area contributed by atoms with Crippen LogP contribution in [0.4, 0.5) is 28.4 Å². The lowest BCUT2D eigenvalue weighted by Gasteiger charge is -2.49. The molecule has 51 heavy (non-hydrogen) atoms.